The van der Waals surface area contributed by atoms with Gasteiger partial charge in [-0.3, -0.25) is 9.59 Å². The molecule has 0 saturated carbocycles. The summed E-state index contributed by atoms with van der Waals surface area (Å²) in [4.78, 5) is 29.6. The molecule has 1 heterocycles. The van der Waals surface area contributed by atoms with Gasteiger partial charge in [0.15, 0.2) is 0 Å². The molecule has 0 unspecified atom stereocenters. The van der Waals surface area contributed by atoms with Crippen LogP contribution in [-0.4, -0.2) is 49.4 Å². The highest BCUT2D eigenvalue weighted by molar-refractivity contribution is 6.01. The van der Waals surface area contributed by atoms with Crippen molar-refractivity contribution in [2.75, 3.05) is 31.6 Å². The Labute approximate surface area is 183 Å². The molecule has 1 atom stereocenters. The zero-order valence-electron chi connectivity index (χ0n) is 17.7. The molecule has 0 bridgehead atoms. The van der Waals surface area contributed by atoms with Gasteiger partial charge in [-0.25, -0.2) is 0 Å². The number of para-hydroxylation sites is 1. The molecule has 0 aliphatic carbocycles. The monoisotopic (exact) mass is 413 g/mol. The molecule has 1 aliphatic heterocycles. The van der Waals surface area contributed by atoms with Gasteiger partial charge in [0.25, 0.3) is 0 Å². The second kappa shape index (κ2) is 9.58. The zero-order valence-corrected chi connectivity index (χ0v) is 17.7. The van der Waals surface area contributed by atoms with Crippen molar-refractivity contribution in [3.8, 4) is 11.1 Å². The number of nitrogens with one attached hydrogen (secondary N) is 1. The fourth-order valence-electron chi connectivity index (χ4n) is 4.18. The minimum Gasteiger partial charge on any atom is -0.327 e. The first-order chi connectivity index (χ1) is 15.2. The Kier molecular flexibility index (Phi) is 6.43. The number of hydrogen-bond acceptors (Lipinski definition) is 3. The molecule has 4 rings (SSSR count). The van der Waals surface area contributed by atoms with E-state index in [1.54, 1.807) is 11.9 Å². The molecule has 0 aromatic heterocycles. The van der Waals surface area contributed by atoms with E-state index >= 15 is 0 Å². The predicted molar refractivity (Wildman–Crippen MR) is 124 cm³/mol. The van der Waals surface area contributed by atoms with Crippen LogP contribution in [0.15, 0.2) is 84.9 Å². The number of piperazine rings is 1. The van der Waals surface area contributed by atoms with Crippen molar-refractivity contribution >= 4 is 17.5 Å². The first-order valence-electron chi connectivity index (χ1n) is 10.6. The van der Waals surface area contributed by atoms with Gasteiger partial charge in [0.1, 0.15) is 6.54 Å². The van der Waals surface area contributed by atoms with Crippen molar-refractivity contribution in [3.63, 3.8) is 0 Å². The molecule has 3 aromatic rings. The number of likely N-dealkylation sites (N-methyl/N-ethyl adjacent to an activating group) is 1. The lowest BCUT2D eigenvalue weighted by Gasteiger charge is -2.41. The summed E-state index contributed by atoms with van der Waals surface area (Å²) < 4.78 is 0. The van der Waals surface area contributed by atoms with Gasteiger partial charge < -0.3 is 15.1 Å². The van der Waals surface area contributed by atoms with E-state index in [4.69, 9.17) is 0 Å². The third-order valence-corrected chi connectivity index (χ3v) is 5.68. The van der Waals surface area contributed by atoms with Crippen LogP contribution in [-0.2, 0) is 16.0 Å². The van der Waals surface area contributed by atoms with E-state index in [-0.39, 0.29) is 30.9 Å². The fraction of sp³-hybridized carbons (Fsp3) is 0.231. The molecule has 2 amide bonds. The van der Waals surface area contributed by atoms with E-state index in [2.05, 4.69) is 29.6 Å². The van der Waals surface area contributed by atoms with Crippen molar-refractivity contribution in [1.82, 2.24) is 10.2 Å². The van der Waals surface area contributed by atoms with Gasteiger partial charge in [-0.1, -0.05) is 78.9 Å². The average molecular weight is 414 g/mol. The van der Waals surface area contributed by atoms with Gasteiger partial charge in [-0.05, 0) is 30.7 Å². The zero-order chi connectivity index (χ0) is 21.6. The lowest BCUT2D eigenvalue weighted by atomic mass is 9.98. The van der Waals surface area contributed by atoms with Gasteiger partial charge in [0, 0.05) is 12.1 Å². The summed E-state index contributed by atoms with van der Waals surface area (Å²) in [5.41, 5.74) is 4.13. The molecule has 3 aromatic carbocycles. The number of hydrogen-bond donors (Lipinski definition) is 1. The van der Waals surface area contributed by atoms with Crippen LogP contribution in [0, 0.1) is 0 Å². The molecule has 0 radical (unpaired) electrons. The number of carbonyl (C=O) groups is 2. The van der Waals surface area contributed by atoms with E-state index in [0.29, 0.717) is 13.0 Å². The molecule has 158 valence electrons. The predicted octanol–water partition coefficient (Wildman–Crippen LogP) is 3.36. The summed E-state index contributed by atoms with van der Waals surface area (Å²) in [7, 11) is 1.75. The Morgan fingerprint density at radius 1 is 0.935 bits per heavy atom. The molecule has 0 spiro atoms. The third kappa shape index (κ3) is 4.67. The maximum Gasteiger partial charge on any atom is 0.246 e. The van der Waals surface area contributed by atoms with Crippen LogP contribution in [0.2, 0.25) is 0 Å². The lowest BCUT2D eigenvalue weighted by Crippen LogP contribution is -2.60. The summed E-state index contributed by atoms with van der Waals surface area (Å²) >= 11 is 0. The summed E-state index contributed by atoms with van der Waals surface area (Å²) in [5, 5.41) is 2.92. The van der Waals surface area contributed by atoms with Crippen LogP contribution < -0.4 is 10.2 Å². The van der Waals surface area contributed by atoms with Crippen molar-refractivity contribution in [1.29, 1.82) is 0 Å². The maximum absolute atomic E-state index is 13.2. The summed E-state index contributed by atoms with van der Waals surface area (Å²) in [6.07, 6.45) is 0.702. The first kappa shape index (κ1) is 20.8. The highest BCUT2D eigenvalue weighted by Crippen LogP contribution is 2.32. The van der Waals surface area contributed by atoms with Gasteiger partial charge in [0.2, 0.25) is 11.8 Å². The molecule has 1 N–H and O–H groups in total. The Morgan fingerprint density at radius 2 is 1.58 bits per heavy atom. The Balaban J connectivity index is 1.67. The topological polar surface area (TPSA) is 52.7 Å². The van der Waals surface area contributed by atoms with E-state index in [1.807, 2.05) is 65.6 Å². The Bertz CT molecular complexity index is 1040. The maximum atomic E-state index is 13.2. The first-order valence-corrected chi connectivity index (χ1v) is 10.6. The Morgan fingerprint density at radius 3 is 2.29 bits per heavy atom. The van der Waals surface area contributed by atoms with E-state index in [1.165, 1.54) is 0 Å². The van der Waals surface area contributed by atoms with Crippen molar-refractivity contribution < 1.29 is 9.59 Å². The number of nitrogens with zero attached hydrogens (tertiary/aromatic N) is 2. The highest BCUT2D eigenvalue weighted by Gasteiger charge is 2.36. The van der Waals surface area contributed by atoms with Crippen molar-refractivity contribution in [3.05, 3.63) is 90.5 Å². The summed E-state index contributed by atoms with van der Waals surface area (Å²) in [6, 6.07) is 28.1. The molecule has 1 aliphatic rings. The van der Waals surface area contributed by atoms with Crippen molar-refractivity contribution in [2.24, 2.45) is 0 Å². The molecule has 1 fully saturated rings. The summed E-state index contributed by atoms with van der Waals surface area (Å²) in [6.45, 7) is 0.771. The van der Waals surface area contributed by atoms with E-state index in [9.17, 15) is 9.59 Å². The van der Waals surface area contributed by atoms with Gasteiger partial charge >= 0.3 is 0 Å². The Hall–Kier alpha value is -3.44. The second-order valence-electron chi connectivity index (χ2n) is 7.78. The number of amides is 2. The molecule has 5 nitrogen and oxygen atoms in total. The summed E-state index contributed by atoms with van der Waals surface area (Å²) in [5.74, 6) is -0.107. The second-order valence-corrected chi connectivity index (χ2v) is 7.78. The standard InChI is InChI=1S/C26H27N3O2/c1-27-17-25(30)28-19-26(31)29(18-22(28)16-20-10-4-2-5-11-20)24-15-9-8-14-23(24)21-12-6-3-7-13-21/h2-15,22,27H,16-19H2,1H3/t22-/m1/s1. The molecule has 5 heteroatoms. The van der Waals surface area contributed by atoms with Gasteiger partial charge in [-0.15, -0.1) is 0 Å². The third-order valence-electron chi connectivity index (χ3n) is 5.68. The SMILES string of the molecule is CNCC(=O)N1CC(=O)N(c2ccccc2-c2ccccc2)C[C@H]1Cc1ccccc1. The molecule has 1 saturated heterocycles. The van der Waals surface area contributed by atoms with Crippen LogP contribution in [0.25, 0.3) is 11.1 Å². The minimum absolute atomic E-state index is 0.0484. The van der Waals surface area contributed by atoms with E-state index < -0.39 is 0 Å². The van der Waals surface area contributed by atoms with Crippen LogP contribution in [0.3, 0.4) is 0 Å². The number of anilines is 1. The van der Waals surface area contributed by atoms with Crippen LogP contribution >= 0.6 is 0 Å². The number of rotatable bonds is 6. The highest BCUT2D eigenvalue weighted by atomic mass is 16.2. The van der Waals surface area contributed by atoms with Crippen LogP contribution in [0.1, 0.15) is 5.56 Å². The molecular formula is C26H27N3O2. The number of benzene rings is 3. The van der Waals surface area contributed by atoms with E-state index in [0.717, 1.165) is 22.4 Å². The fourth-order valence-corrected chi connectivity index (χ4v) is 4.18. The van der Waals surface area contributed by atoms with Gasteiger partial charge in [0.05, 0.1) is 18.3 Å². The molecular weight excluding hydrogens is 386 g/mol. The smallest absolute Gasteiger partial charge is 0.246 e. The minimum atomic E-state index is -0.0928. The van der Waals surface area contributed by atoms with Crippen LogP contribution in [0.4, 0.5) is 5.69 Å². The van der Waals surface area contributed by atoms with Gasteiger partial charge in [-0.2, -0.15) is 0 Å². The van der Waals surface area contributed by atoms with Crippen LogP contribution in [0.5, 0.6) is 0 Å². The largest absolute Gasteiger partial charge is 0.327 e. The lowest BCUT2D eigenvalue weighted by molar-refractivity contribution is -0.138. The number of carbonyl (C=O) groups excluding carboxylic acids is 2. The average Bonchev–Trinajstić information content (AvgIpc) is 2.81. The van der Waals surface area contributed by atoms with Crippen molar-refractivity contribution in [2.45, 2.75) is 12.5 Å². The normalized spacial score (nSPS) is 16.4. The molecule has 31 heavy (non-hydrogen) atoms. The quantitative estimate of drug-likeness (QED) is 0.674.